The van der Waals surface area contributed by atoms with E-state index in [2.05, 4.69) is 15.1 Å². The molecule has 4 rings (SSSR count). The molecule has 7 nitrogen and oxygen atoms in total. The zero-order valence-electron chi connectivity index (χ0n) is 17.1. The molecule has 2 saturated heterocycles. The summed E-state index contributed by atoms with van der Waals surface area (Å²) in [5.74, 6) is 0.297. The number of carbonyl (C=O) groups excluding carboxylic acids is 1. The average Bonchev–Trinajstić information content (AvgIpc) is 2.98. The molecule has 2 amide bonds. The van der Waals surface area contributed by atoms with E-state index in [0.717, 1.165) is 75.8 Å². The highest BCUT2D eigenvalue weighted by atomic mass is 16.4. The van der Waals surface area contributed by atoms with Crippen LogP contribution < -0.4 is 10.2 Å². The van der Waals surface area contributed by atoms with Gasteiger partial charge < -0.3 is 20.0 Å². The van der Waals surface area contributed by atoms with Gasteiger partial charge in [0, 0.05) is 37.1 Å². The second-order valence-corrected chi connectivity index (χ2v) is 8.95. The molecule has 1 atom stereocenters. The van der Waals surface area contributed by atoms with Gasteiger partial charge in [-0.3, -0.25) is 10.1 Å². The Bertz CT molecular complexity index is 790. The number of nitrogens with one attached hydrogen (secondary N) is 1. The Kier molecular flexibility index (Phi) is 5.42. The highest BCUT2D eigenvalue weighted by Gasteiger charge is 2.50. The number of hydrogen-bond acceptors (Lipinski definition) is 4. The van der Waals surface area contributed by atoms with Crippen LogP contribution in [0, 0.1) is 12.3 Å². The molecule has 0 unspecified atom stereocenters. The van der Waals surface area contributed by atoms with Gasteiger partial charge >= 0.3 is 6.09 Å². The van der Waals surface area contributed by atoms with Crippen LogP contribution in [-0.2, 0) is 4.79 Å². The van der Waals surface area contributed by atoms with Crippen molar-refractivity contribution in [2.45, 2.75) is 64.0 Å². The highest BCUT2D eigenvalue weighted by molar-refractivity contribution is 5.86. The number of rotatable bonds is 3. The van der Waals surface area contributed by atoms with Crippen LogP contribution in [0.3, 0.4) is 0 Å². The van der Waals surface area contributed by atoms with Crippen molar-refractivity contribution in [2.75, 3.05) is 29.9 Å². The van der Waals surface area contributed by atoms with Crippen molar-refractivity contribution in [1.82, 2.24) is 4.90 Å². The Morgan fingerprint density at radius 3 is 2.62 bits per heavy atom. The van der Waals surface area contributed by atoms with Gasteiger partial charge in [-0.15, -0.1) is 0 Å². The van der Waals surface area contributed by atoms with E-state index in [1.165, 1.54) is 0 Å². The third-order valence-corrected chi connectivity index (χ3v) is 7.02. The average molecular weight is 402 g/mol. The van der Waals surface area contributed by atoms with E-state index < -0.39 is 6.09 Å². The number of carbonyl (C=O) groups is 2. The SMILES string of the molecule is Cc1cc(NC(=O)O)ccc1N1CCC[C@]2(CCN(C3CCC(O)CC3)C2=O)C1. The van der Waals surface area contributed by atoms with Gasteiger partial charge in [-0.1, -0.05) is 0 Å². The molecule has 2 aliphatic heterocycles. The van der Waals surface area contributed by atoms with Gasteiger partial charge in [0.2, 0.25) is 5.91 Å². The zero-order valence-corrected chi connectivity index (χ0v) is 17.1. The van der Waals surface area contributed by atoms with Crippen LogP contribution in [0.2, 0.25) is 0 Å². The molecule has 7 heteroatoms. The molecule has 1 spiro atoms. The van der Waals surface area contributed by atoms with Crippen LogP contribution in [-0.4, -0.2) is 58.9 Å². The summed E-state index contributed by atoms with van der Waals surface area (Å²) in [6.07, 6.45) is 4.95. The van der Waals surface area contributed by atoms with E-state index >= 15 is 0 Å². The van der Waals surface area contributed by atoms with E-state index in [1.54, 1.807) is 6.07 Å². The number of hydrogen-bond donors (Lipinski definition) is 3. The maximum absolute atomic E-state index is 13.5. The minimum atomic E-state index is -1.07. The van der Waals surface area contributed by atoms with Gasteiger partial charge in [0.05, 0.1) is 11.5 Å². The summed E-state index contributed by atoms with van der Waals surface area (Å²) >= 11 is 0. The number of nitrogens with zero attached hydrogens (tertiary/aromatic N) is 2. The lowest BCUT2D eigenvalue weighted by Crippen LogP contribution is -2.50. The Balaban J connectivity index is 1.48. The maximum atomic E-state index is 13.5. The van der Waals surface area contributed by atoms with Crippen molar-refractivity contribution in [3.8, 4) is 0 Å². The molecule has 2 heterocycles. The van der Waals surface area contributed by atoms with Crippen LogP contribution in [0.15, 0.2) is 18.2 Å². The first-order valence-electron chi connectivity index (χ1n) is 10.7. The molecule has 3 N–H and O–H groups in total. The van der Waals surface area contributed by atoms with Crippen LogP contribution in [0.4, 0.5) is 16.2 Å². The lowest BCUT2D eigenvalue weighted by Gasteiger charge is -2.42. The van der Waals surface area contributed by atoms with E-state index in [-0.39, 0.29) is 17.6 Å². The fourth-order valence-electron chi connectivity index (χ4n) is 5.49. The molecule has 3 aliphatic rings. The van der Waals surface area contributed by atoms with Crippen LogP contribution in [0.5, 0.6) is 0 Å². The monoisotopic (exact) mass is 401 g/mol. The number of aliphatic hydroxyl groups excluding tert-OH is 1. The number of amides is 2. The lowest BCUT2D eigenvalue weighted by molar-refractivity contribution is -0.139. The van der Waals surface area contributed by atoms with Gasteiger partial charge in [-0.25, -0.2) is 4.79 Å². The number of anilines is 2. The van der Waals surface area contributed by atoms with Crippen molar-refractivity contribution in [3.63, 3.8) is 0 Å². The van der Waals surface area contributed by atoms with Gasteiger partial charge in [0.1, 0.15) is 0 Å². The molecule has 1 aromatic rings. The summed E-state index contributed by atoms with van der Waals surface area (Å²) in [5.41, 5.74) is 2.34. The minimum Gasteiger partial charge on any atom is -0.465 e. The second kappa shape index (κ2) is 7.86. The second-order valence-electron chi connectivity index (χ2n) is 8.95. The number of likely N-dealkylation sites (tertiary alicyclic amines) is 1. The van der Waals surface area contributed by atoms with Crippen molar-refractivity contribution in [2.24, 2.45) is 5.41 Å². The van der Waals surface area contributed by atoms with Gasteiger partial charge in [-0.2, -0.15) is 0 Å². The van der Waals surface area contributed by atoms with Gasteiger partial charge in [0.15, 0.2) is 0 Å². The molecule has 3 fully saturated rings. The summed E-state index contributed by atoms with van der Waals surface area (Å²) in [5, 5.41) is 21.1. The van der Waals surface area contributed by atoms with E-state index in [0.29, 0.717) is 11.6 Å². The molecule has 0 radical (unpaired) electrons. The Morgan fingerprint density at radius 2 is 1.93 bits per heavy atom. The Morgan fingerprint density at radius 1 is 1.17 bits per heavy atom. The standard InChI is InChI=1S/C22H31N3O4/c1-15-13-16(23-21(28)29)3-8-19(15)24-11-2-9-22(14-24)10-12-25(20(22)27)17-4-6-18(26)7-5-17/h3,8,13,17-18,23,26H,2,4-7,9-12,14H2,1H3,(H,28,29)/t17?,18?,22-/m0/s1. The van der Waals surface area contributed by atoms with Crippen molar-refractivity contribution < 1.29 is 19.8 Å². The molecule has 1 aromatic carbocycles. The third kappa shape index (κ3) is 3.92. The molecular weight excluding hydrogens is 370 g/mol. The smallest absolute Gasteiger partial charge is 0.409 e. The molecule has 1 saturated carbocycles. The number of aliphatic hydroxyl groups is 1. The van der Waals surface area contributed by atoms with Crippen molar-refractivity contribution >= 4 is 23.4 Å². The highest BCUT2D eigenvalue weighted by Crippen LogP contribution is 2.44. The van der Waals surface area contributed by atoms with Gasteiger partial charge in [-0.05, 0) is 75.6 Å². The predicted octanol–water partition coefficient (Wildman–Crippen LogP) is 3.21. The van der Waals surface area contributed by atoms with E-state index in [1.807, 2.05) is 19.1 Å². The number of benzene rings is 1. The van der Waals surface area contributed by atoms with Crippen LogP contribution in [0.25, 0.3) is 0 Å². The lowest BCUT2D eigenvalue weighted by atomic mass is 9.78. The fraction of sp³-hybridized carbons (Fsp3) is 0.636. The topological polar surface area (TPSA) is 93.1 Å². The summed E-state index contributed by atoms with van der Waals surface area (Å²) < 4.78 is 0. The number of aryl methyl sites for hydroxylation is 1. The van der Waals surface area contributed by atoms with E-state index in [4.69, 9.17) is 5.11 Å². The maximum Gasteiger partial charge on any atom is 0.409 e. The Hall–Kier alpha value is -2.28. The van der Waals surface area contributed by atoms with E-state index in [9.17, 15) is 14.7 Å². The summed E-state index contributed by atoms with van der Waals surface area (Å²) in [6, 6.07) is 5.87. The first-order chi connectivity index (χ1) is 13.9. The molecule has 0 aromatic heterocycles. The van der Waals surface area contributed by atoms with Crippen molar-refractivity contribution in [1.29, 1.82) is 0 Å². The van der Waals surface area contributed by atoms with Crippen molar-refractivity contribution in [3.05, 3.63) is 23.8 Å². The first-order valence-corrected chi connectivity index (χ1v) is 10.7. The molecule has 158 valence electrons. The normalized spacial score (nSPS) is 30.1. The molecule has 1 aliphatic carbocycles. The summed E-state index contributed by atoms with van der Waals surface area (Å²) in [4.78, 5) is 28.7. The Labute approximate surface area is 171 Å². The van der Waals surface area contributed by atoms with Gasteiger partial charge in [0.25, 0.3) is 0 Å². The fourth-order valence-corrected chi connectivity index (χ4v) is 5.49. The molecular formula is C22H31N3O4. The summed E-state index contributed by atoms with van der Waals surface area (Å²) in [7, 11) is 0. The third-order valence-electron chi connectivity index (χ3n) is 7.02. The zero-order chi connectivity index (χ0) is 20.6. The first kappa shape index (κ1) is 20.0. The van der Waals surface area contributed by atoms with Crippen LogP contribution in [0.1, 0.15) is 50.5 Å². The predicted molar refractivity (Wildman–Crippen MR) is 111 cm³/mol. The number of piperidine rings is 1. The quantitative estimate of drug-likeness (QED) is 0.723. The summed E-state index contributed by atoms with van der Waals surface area (Å²) in [6.45, 7) is 4.45. The minimum absolute atomic E-state index is 0.204. The van der Waals surface area contributed by atoms with Crippen LogP contribution >= 0.6 is 0 Å². The molecule has 29 heavy (non-hydrogen) atoms. The molecule has 0 bridgehead atoms. The largest absolute Gasteiger partial charge is 0.465 e. The number of carboxylic acid groups (broad SMARTS) is 1.